The number of aliphatic hydroxyl groups is 2. The smallest absolute Gasteiger partial charge is 0.397 e. The Morgan fingerprint density at radius 2 is 1.73 bits per heavy atom. The first-order valence-corrected chi connectivity index (χ1v) is 11.1. The van der Waals surface area contributed by atoms with Gasteiger partial charge >= 0.3 is 26.8 Å². The van der Waals surface area contributed by atoms with Crippen LogP contribution in [0.5, 0.6) is 0 Å². The van der Waals surface area contributed by atoms with E-state index in [1.807, 2.05) is 0 Å². The predicted molar refractivity (Wildman–Crippen MR) is 92.8 cm³/mol. The standard InChI is InChI=1S/C12H19NO18S2/c13-6-9(29-31-18)8(5(26-11(6)17)2-25-32(19,20)21)28-12-7(30-33(22,23)24)3(14)1-4(27-12)10(15)16/h1,3,5-9,11-12,14,17-18H,2,13H2,(H,15,16)(H,19,20,21)(H,22,23,24)/t3-,5?,6?,7?,8+,9+,11+,12-/m0/s1. The van der Waals surface area contributed by atoms with Crippen molar-refractivity contribution in [1.82, 2.24) is 0 Å². The minimum Gasteiger partial charge on any atom is -0.475 e. The number of rotatable bonds is 10. The zero-order chi connectivity index (χ0) is 25.1. The molecule has 8 atom stereocenters. The lowest BCUT2D eigenvalue weighted by molar-refractivity contribution is -0.522. The number of hydrogen-bond acceptors (Lipinski definition) is 16. The van der Waals surface area contributed by atoms with E-state index in [0.717, 1.165) is 0 Å². The molecule has 8 N–H and O–H groups in total. The zero-order valence-corrected chi connectivity index (χ0v) is 17.5. The molecule has 2 aliphatic rings. The molecule has 0 radical (unpaired) electrons. The maximum absolute atomic E-state index is 11.2. The molecule has 0 aliphatic carbocycles. The van der Waals surface area contributed by atoms with Crippen LogP contribution < -0.4 is 5.73 Å². The van der Waals surface area contributed by atoms with Crippen molar-refractivity contribution in [2.45, 2.75) is 49.1 Å². The normalized spacial score (nSPS) is 35.5. The van der Waals surface area contributed by atoms with E-state index < -0.39 is 88.3 Å². The van der Waals surface area contributed by atoms with Crippen molar-refractivity contribution in [2.75, 3.05) is 6.61 Å². The lowest BCUT2D eigenvalue weighted by atomic mass is 9.97. The lowest BCUT2D eigenvalue weighted by Crippen LogP contribution is -2.65. The van der Waals surface area contributed by atoms with Crippen LogP contribution in [0.15, 0.2) is 11.8 Å². The molecular weight excluding hydrogens is 510 g/mol. The number of hydrogen-bond donors (Lipinski definition) is 7. The Kier molecular flexibility index (Phi) is 9.05. The first kappa shape index (κ1) is 27.7. The van der Waals surface area contributed by atoms with E-state index in [4.69, 9.17) is 39.4 Å². The Morgan fingerprint density at radius 3 is 2.24 bits per heavy atom. The Hall–Kier alpha value is -1.57. The molecule has 0 saturated carbocycles. The van der Waals surface area contributed by atoms with Crippen molar-refractivity contribution >= 4 is 26.8 Å². The second kappa shape index (κ2) is 10.8. The van der Waals surface area contributed by atoms with Crippen LogP contribution in [0, 0.1) is 0 Å². The number of aliphatic carboxylic acids is 1. The Morgan fingerprint density at radius 1 is 1.09 bits per heavy atom. The van der Waals surface area contributed by atoms with Gasteiger partial charge in [-0.05, 0) is 6.08 Å². The minimum atomic E-state index is -5.28. The van der Waals surface area contributed by atoms with Crippen molar-refractivity contribution in [3.63, 3.8) is 0 Å². The van der Waals surface area contributed by atoms with Gasteiger partial charge in [0.1, 0.15) is 24.4 Å². The fourth-order valence-electron chi connectivity index (χ4n) is 2.83. The number of carbonyl (C=O) groups is 1. The fourth-order valence-corrected chi connectivity index (χ4v) is 3.62. The summed E-state index contributed by atoms with van der Waals surface area (Å²) in [5.41, 5.74) is 5.65. The maximum atomic E-state index is 11.2. The first-order valence-electron chi connectivity index (χ1n) is 8.41. The molecule has 0 spiro atoms. The largest absolute Gasteiger partial charge is 0.475 e. The molecule has 2 aliphatic heterocycles. The number of aliphatic hydroxyl groups excluding tert-OH is 2. The molecule has 2 rings (SSSR count). The summed E-state index contributed by atoms with van der Waals surface area (Å²) in [7, 11) is -10.3. The third-order valence-electron chi connectivity index (χ3n) is 4.15. The summed E-state index contributed by atoms with van der Waals surface area (Å²) >= 11 is 0. The molecule has 0 aromatic rings. The molecule has 0 bridgehead atoms. The molecule has 19 nitrogen and oxygen atoms in total. The van der Waals surface area contributed by atoms with Crippen LogP contribution in [0.3, 0.4) is 0 Å². The van der Waals surface area contributed by atoms with Crippen LogP contribution in [0.2, 0.25) is 0 Å². The third-order valence-corrected chi connectivity index (χ3v) is 5.05. The summed E-state index contributed by atoms with van der Waals surface area (Å²) in [4.78, 5) is 15.7. The predicted octanol–water partition coefficient (Wildman–Crippen LogP) is -4.10. The van der Waals surface area contributed by atoms with Crippen LogP contribution in [0.1, 0.15) is 0 Å². The van der Waals surface area contributed by atoms with Gasteiger partial charge in [-0.2, -0.15) is 21.7 Å². The molecule has 1 saturated heterocycles. The summed E-state index contributed by atoms with van der Waals surface area (Å²) in [6.07, 6.45) is -13.3. The van der Waals surface area contributed by atoms with E-state index >= 15 is 0 Å². The topological polar surface area (TPSA) is 297 Å². The highest BCUT2D eigenvalue weighted by atomic mass is 32.3. The van der Waals surface area contributed by atoms with Gasteiger partial charge in [0.2, 0.25) is 12.0 Å². The monoisotopic (exact) mass is 529 g/mol. The van der Waals surface area contributed by atoms with Gasteiger partial charge in [0.05, 0.1) is 12.6 Å². The van der Waals surface area contributed by atoms with Gasteiger partial charge in [0.15, 0.2) is 12.4 Å². The Bertz CT molecular complexity index is 934. The Balaban J connectivity index is 2.42. The number of nitrogens with two attached hydrogens (primary N) is 1. The van der Waals surface area contributed by atoms with Gasteiger partial charge in [0, 0.05) is 0 Å². The van der Waals surface area contributed by atoms with E-state index in [0.29, 0.717) is 6.08 Å². The van der Waals surface area contributed by atoms with Gasteiger partial charge in [-0.1, -0.05) is 5.04 Å². The van der Waals surface area contributed by atoms with E-state index in [1.54, 1.807) is 0 Å². The van der Waals surface area contributed by atoms with Crippen molar-refractivity contribution in [2.24, 2.45) is 5.73 Å². The van der Waals surface area contributed by atoms with Gasteiger partial charge < -0.3 is 35.3 Å². The van der Waals surface area contributed by atoms with Crippen LogP contribution >= 0.6 is 0 Å². The molecule has 33 heavy (non-hydrogen) atoms. The van der Waals surface area contributed by atoms with Gasteiger partial charge in [-0.25, -0.2) is 18.4 Å². The summed E-state index contributed by atoms with van der Waals surface area (Å²) in [5.74, 6) is -2.72. The lowest BCUT2D eigenvalue weighted by Gasteiger charge is -2.44. The van der Waals surface area contributed by atoms with Gasteiger partial charge in [-0.3, -0.25) is 9.11 Å². The average Bonchev–Trinajstić information content (AvgIpc) is 2.66. The quantitative estimate of drug-likeness (QED) is 0.0803. The van der Waals surface area contributed by atoms with Crippen molar-refractivity contribution < 1.29 is 83.8 Å². The molecular formula is C12H19NO18S2. The maximum Gasteiger partial charge on any atom is 0.397 e. The Labute approximate surface area is 184 Å². The number of ether oxygens (including phenoxy) is 3. The van der Waals surface area contributed by atoms with Crippen LogP contribution in [-0.4, -0.2) is 108 Å². The zero-order valence-electron chi connectivity index (χ0n) is 15.9. The van der Waals surface area contributed by atoms with Crippen LogP contribution in [0.4, 0.5) is 0 Å². The molecule has 0 aromatic carbocycles. The molecule has 21 heteroatoms. The highest BCUT2D eigenvalue weighted by molar-refractivity contribution is 7.81. The van der Waals surface area contributed by atoms with E-state index in [-0.39, 0.29) is 0 Å². The molecule has 0 aromatic heterocycles. The van der Waals surface area contributed by atoms with Crippen molar-refractivity contribution in [3.8, 4) is 0 Å². The molecule has 3 unspecified atom stereocenters. The van der Waals surface area contributed by atoms with Crippen LogP contribution in [0.25, 0.3) is 0 Å². The van der Waals surface area contributed by atoms with Crippen LogP contribution in [-0.2, 0) is 58.1 Å². The number of carboxylic acid groups (broad SMARTS) is 1. The first-order chi connectivity index (χ1) is 15.1. The summed E-state index contributed by atoms with van der Waals surface area (Å²) < 4.78 is 85.4. The summed E-state index contributed by atoms with van der Waals surface area (Å²) in [6.45, 7) is -1.11. The molecule has 0 amide bonds. The molecule has 2 heterocycles. The van der Waals surface area contributed by atoms with Gasteiger partial charge in [-0.15, -0.1) is 0 Å². The van der Waals surface area contributed by atoms with Crippen molar-refractivity contribution in [1.29, 1.82) is 0 Å². The number of carboxylic acids is 1. The second-order valence-electron chi connectivity index (χ2n) is 6.39. The molecule has 1 fully saturated rings. The van der Waals surface area contributed by atoms with E-state index in [2.05, 4.69) is 18.3 Å². The van der Waals surface area contributed by atoms with Crippen molar-refractivity contribution in [3.05, 3.63) is 11.8 Å². The average molecular weight is 529 g/mol. The summed E-state index contributed by atoms with van der Waals surface area (Å²) in [6, 6.07) is -1.62. The highest BCUT2D eigenvalue weighted by Crippen LogP contribution is 2.30. The second-order valence-corrected chi connectivity index (χ2v) is 8.53. The van der Waals surface area contributed by atoms with E-state index in [1.165, 1.54) is 0 Å². The van der Waals surface area contributed by atoms with E-state index in [9.17, 15) is 31.8 Å². The minimum absolute atomic E-state index is 0.509. The molecule has 192 valence electrons. The van der Waals surface area contributed by atoms with Gasteiger partial charge in [0.25, 0.3) is 0 Å². The third kappa shape index (κ3) is 7.72. The SMILES string of the molecule is NC1[C@H](O)OC(COS(=O)(=O)O)[C@@H](O[C@@H]2OC(C(=O)O)=C[C@H](O)C2OS(=O)(=O)O)[C@@H]1OOO. The fraction of sp³-hybridized carbons (Fsp3) is 0.750. The highest BCUT2D eigenvalue weighted by Gasteiger charge is 2.51. The summed E-state index contributed by atoms with van der Waals surface area (Å²) in [5, 5.41) is 41.2.